The van der Waals surface area contributed by atoms with Gasteiger partial charge in [0.25, 0.3) is 0 Å². The number of halogens is 1. The summed E-state index contributed by atoms with van der Waals surface area (Å²) in [7, 11) is 1.18. The molecule has 0 heterocycles. The van der Waals surface area contributed by atoms with Crippen molar-refractivity contribution >= 4 is 17.6 Å². The average molecular weight is 294 g/mol. The van der Waals surface area contributed by atoms with Gasteiger partial charge in [0.2, 0.25) is 5.91 Å². The zero-order valence-electron chi connectivity index (χ0n) is 11.9. The highest BCUT2D eigenvalue weighted by molar-refractivity contribution is 5.95. The van der Waals surface area contributed by atoms with Gasteiger partial charge >= 0.3 is 5.97 Å². The maximum absolute atomic E-state index is 13.5. The minimum absolute atomic E-state index is 0.195. The first-order valence-corrected chi connectivity index (χ1v) is 7.01. The van der Waals surface area contributed by atoms with Gasteiger partial charge in [-0.25, -0.2) is 9.18 Å². The molecule has 0 radical (unpaired) electrons. The van der Waals surface area contributed by atoms with E-state index in [0.717, 1.165) is 18.9 Å². The Labute approximate surface area is 122 Å². The molecule has 0 aliphatic heterocycles. The van der Waals surface area contributed by atoms with Crippen LogP contribution in [-0.4, -0.2) is 31.6 Å². The van der Waals surface area contributed by atoms with Gasteiger partial charge in [0, 0.05) is 11.7 Å². The number of hydrogen-bond acceptors (Lipinski definition) is 4. The van der Waals surface area contributed by atoms with Crippen LogP contribution in [0.2, 0.25) is 0 Å². The lowest BCUT2D eigenvalue weighted by Crippen LogP contribution is -2.34. The Kier molecular flexibility index (Phi) is 5.27. The highest BCUT2D eigenvalue weighted by Gasteiger charge is 2.16. The van der Waals surface area contributed by atoms with E-state index in [1.165, 1.54) is 32.1 Å². The van der Waals surface area contributed by atoms with E-state index in [4.69, 9.17) is 0 Å². The summed E-state index contributed by atoms with van der Waals surface area (Å²) >= 11 is 0. The van der Waals surface area contributed by atoms with Crippen molar-refractivity contribution in [1.82, 2.24) is 5.32 Å². The Morgan fingerprint density at radius 3 is 2.71 bits per heavy atom. The van der Waals surface area contributed by atoms with Crippen LogP contribution >= 0.6 is 0 Å². The fourth-order valence-corrected chi connectivity index (χ4v) is 2.44. The van der Waals surface area contributed by atoms with Gasteiger partial charge in [0.05, 0.1) is 19.2 Å². The van der Waals surface area contributed by atoms with E-state index >= 15 is 0 Å². The van der Waals surface area contributed by atoms with Crippen LogP contribution in [0.3, 0.4) is 0 Å². The topological polar surface area (TPSA) is 67.4 Å². The molecule has 0 unspecified atom stereocenters. The van der Waals surface area contributed by atoms with E-state index in [0.29, 0.717) is 11.7 Å². The molecule has 1 aliphatic carbocycles. The molecule has 1 aromatic carbocycles. The van der Waals surface area contributed by atoms with Crippen molar-refractivity contribution in [3.8, 4) is 0 Å². The number of nitrogens with one attached hydrogen (secondary N) is 2. The summed E-state index contributed by atoms with van der Waals surface area (Å²) < 4.78 is 18.0. The minimum Gasteiger partial charge on any atom is -0.465 e. The van der Waals surface area contributed by atoms with Crippen molar-refractivity contribution in [2.24, 2.45) is 0 Å². The first kappa shape index (κ1) is 15.4. The van der Waals surface area contributed by atoms with Crippen molar-refractivity contribution in [3.05, 3.63) is 29.6 Å². The zero-order chi connectivity index (χ0) is 15.2. The molecule has 0 saturated heterocycles. The molecule has 0 spiro atoms. The van der Waals surface area contributed by atoms with Crippen molar-refractivity contribution in [2.75, 3.05) is 19.0 Å². The molecule has 0 atom stereocenters. The third-order valence-electron chi connectivity index (χ3n) is 3.56. The van der Waals surface area contributed by atoms with Crippen LogP contribution in [0.5, 0.6) is 0 Å². The summed E-state index contributed by atoms with van der Waals surface area (Å²) in [5, 5.41) is 5.82. The smallest absolute Gasteiger partial charge is 0.340 e. The van der Waals surface area contributed by atoms with E-state index < -0.39 is 11.8 Å². The van der Waals surface area contributed by atoms with Crippen molar-refractivity contribution in [3.63, 3.8) is 0 Å². The Bertz CT molecular complexity index is 528. The highest BCUT2D eigenvalue weighted by atomic mass is 19.1. The number of methoxy groups -OCH3 is 1. The van der Waals surface area contributed by atoms with Gasteiger partial charge < -0.3 is 15.4 Å². The zero-order valence-corrected chi connectivity index (χ0v) is 11.9. The molecule has 5 nitrogen and oxygen atoms in total. The summed E-state index contributed by atoms with van der Waals surface area (Å²) in [6.07, 6.45) is 4.58. The standard InChI is InChI=1S/C15H19FN2O3/c1-21-15(20)12-8-11(6-7-13(12)16)18-14(19)9-17-10-4-2-3-5-10/h6-8,10,17H,2-5,9H2,1H3,(H,18,19). The largest absolute Gasteiger partial charge is 0.465 e. The molecule has 1 aliphatic rings. The molecule has 114 valence electrons. The molecule has 1 fully saturated rings. The molecule has 0 aromatic heterocycles. The predicted molar refractivity (Wildman–Crippen MR) is 76.6 cm³/mol. The highest BCUT2D eigenvalue weighted by Crippen LogP contribution is 2.18. The molecular formula is C15H19FN2O3. The Hall–Kier alpha value is -1.95. The lowest BCUT2D eigenvalue weighted by Gasteiger charge is -2.12. The Morgan fingerprint density at radius 2 is 2.05 bits per heavy atom. The fourth-order valence-electron chi connectivity index (χ4n) is 2.44. The maximum atomic E-state index is 13.5. The SMILES string of the molecule is COC(=O)c1cc(NC(=O)CNC2CCCC2)ccc1F. The molecule has 6 heteroatoms. The normalized spacial score (nSPS) is 15.0. The second kappa shape index (κ2) is 7.17. The number of benzene rings is 1. The van der Waals surface area contributed by atoms with Gasteiger partial charge in [0.1, 0.15) is 5.82 Å². The summed E-state index contributed by atoms with van der Waals surface area (Å²) in [5.41, 5.74) is 0.175. The summed E-state index contributed by atoms with van der Waals surface area (Å²) in [6, 6.07) is 4.21. The van der Waals surface area contributed by atoms with E-state index in [1.54, 1.807) is 0 Å². The average Bonchev–Trinajstić information content (AvgIpc) is 2.99. The van der Waals surface area contributed by atoms with Crippen LogP contribution in [-0.2, 0) is 9.53 Å². The second-order valence-corrected chi connectivity index (χ2v) is 5.10. The van der Waals surface area contributed by atoms with Crippen molar-refractivity contribution in [1.29, 1.82) is 0 Å². The molecule has 2 rings (SSSR count). The van der Waals surface area contributed by atoms with Gasteiger partial charge in [-0.2, -0.15) is 0 Å². The quantitative estimate of drug-likeness (QED) is 0.816. The molecule has 21 heavy (non-hydrogen) atoms. The van der Waals surface area contributed by atoms with Gasteiger partial charge in [0.15, 0.2) is 0 Å². The lowest BCUT2D eigenvalue weighted by atomic mass is 10.2. The number of carbonyl (C=O) groups is 2. The first-order valence-electron chi connectivity index (χ1n) is 7.01. The summed E-state index contributed by atoms with van der Waals surface area (Å²) in [5.74, 6) is -1.67. The number of esters is 1. The molecular weight excluding hydrogens is 275 g/mol. The van der Waals surface area contributed by atoms with Gasteiger partial charge in [-0.3, -0.25) is 4.79 Å². The molecule has 0 bridgehead atoms. The third kappa shape index (κ3) is 4.26. The molecule has 1 aromatic rings. The van der Waals surface area contributed by atoms with Crippen LogP contribution in [0.1, 0.15) is 36.0 Å². The molecule has 2 N–H and O–H groups in total. The van der Waals surface area contributed by atoms with Gasteiger partial charge in [-0.05, 0) is 31.0 Å². The number of anilines is 1. The number of amides is 1. The van der Waals surface area contributed by atoms with Crippen LogP contribution in [0.25, 0.3) is 0 Å². The van der Waals surface area contributed by atoms with Gasteiger partial charge in [-0.1, -0.05) is 12.8 Å². The Balaban J connectivity index is 1.92. The van der Waals surface area contributed by atoms with Crippen LogP contribution < -0.4 is 10.6 Å². The van der Waals surface area contributed by atoms with Crippen LogP contribution in [0.4, 0.5) is 10.1 Å². The van der Waals surface area contributed by atoms with Crippen LogP contribution in [0.15, 0.2) is 18.2 Å². The third-order valence-corrected chi connectivity index (χ3v) is 3.56. The maximum Gasteiger partial charge on any atom is 0.340 e. The number of hydrogen-bond donors (Lipinski definition) is 2. The van der Waals surface area contributed by atoms with E-state index in [2.05, 4.69) is 15.4 Å². The van der Waals surface area contributed by atoms with Crippen molar-refractivity contribution in [2.45, 2.75) is 31.7 Å². The molecule has 1 amide bonds. The van der Waals surface area contributed by atoms with Crippen molar-refractivity contribution < 1.29 is 18.7 Å². The predicted octanol–water partition coefficient (Wildman–Crippen LogP) is 2.08. The molecule has 1 saturated carbocycles. The fraction of sp³-hybridized carbons (Fsp3) is 0.467. The van der Waals surface area contributed by atoms with Crippen LogP contribution in [0, 0.1) is 5.82 Å². The van der Waals surface area contributed by atoms with E-state index in [-0.39, 0.29) is 18.0 Å². The summed E-state index contributed by atoms with van der Waals surface area (Å²) in [6.45, 7) is 0.204. The number of rotatable bonds is 5. The van der Waals surface area contributed by atoms with E-state index in [1.807, 2.05) is 0 Å². The first-order chi connectivity index (χ1) is 10.1. The lowest BCUT2D eigenvalue weighted by molar-refractivity contribution is -0.115. The monoisotopic (exact) mass is 294 g/mol. The minimum atomic E-state index is -0.771. The Morgan fingerprint density at radius 1 is 1.33 bits per heavy atom. The number of ether oxygens (including phenoxy) is 1. The summed E-state index contributed by atoms with van der Waals surface area (Å²) in [4.78, 5) is 23.2. The second-order valence-electron chi connectivity index (χ2n) is 5.10. The number of carbonyl (C=O) groups excluding carboxylic acids is 2. The van der Waals surface area contributed by atoms with E-state index in [9.17, 15) is 14.0 Å². The van der Waals surface area contributed by atoms with Gasteiger partial charge in [-0.15, -0.1) is 0 Å².